The number of nitrogens with zero attached hydrogens (tertiary/aromatic N) is 1. The Morgan fingerprint density at radius 3 is 3.00 bits per heavy atom. The van der Waals surface area contributed by atoms with E-state index in [4.69, 9.17) is 5.73 Å². The summed E-state index contributed by atoms with van der Waals surface area (Å²) in [4.78, 5) is 3.93. The molecule has 0 aromatic rings. The zero-order valence-electron chi connectivity index (χ0n) is 5.59. The molecule has 1 aliphatic heterocycles. The Bertz CT molecular complexity index is 182. The molecule has 0 spiro atoms. The van der Waals surface area contributed by atoms with E-state index in [-0.39, 0.29) is 0 Å². The third kappa shape index (κ3) is 1.74. The van der Waals surface area contributed by atoms with Crippen LogP contribution in [0.25, 0.3) is 0 Å². The maximum Gasteiger partial charge on any atom is 0.00908 e. The summed E-state index contributed by atoms with van der Waals surface area (Å²) in [6.45, 7) is 1.96. The number of hydrogen-bond acceptors (Lipinski definition) is 2. The normalized spacial score (nSPS) is 15.7. The summed E-state index contributed by atoms with van der Waals surface area (Å²) in [5, 5.41) is 0. The van der Waals surface area contributed by atoms with Crippen LogP contribution < -0.4 is 5.73 Å². The fourth-order valence-corrected chi connectivity index (χ4v) is 0.638. The average Bonchev–Trinajstić information content (AvgIpc) is 1.93. The second-order valence-corrected chi connectivity index (χ2v) is 1.98. The van der Waals surface area contributed by atoms with Crippen LogP contribution in [-0.2, 0) is 0 Å². The van der Waals surface area contributed by atoms with Crippen LogP contribution in [0.15, 0.2) is 29.0 Å². The summed E-state index contributed by atoms with van der Waals surface area (Å²) < 4.78 is 0. The van der Waals surface area contributed by atoms with Gasteiger partial charge in [-0.3, -0.25) is 4.99 Å². The number of aliphatic imine (C=N–C) groups is 1. The van der Waals surface area contributed by atoms with Crippen LogP contribution in [0.4, 0.5) is 0 Å². The van der Waals surface area contributed by atoms with Crippen molar-refractivity contribution in [1.29, 1.82) is 0 Å². The second-order valence-electron chi connectivity index (χ2n) is 1.98. The van der Waals surface area contributed by atoms with Crippen LogP contribution >= 0.6 is 0 Å². The molecule has 1 aliphatic rings. The third-order valence-electron chi connectivity index (χ3n) is 1.03. The summed E-state index contributed by atoms with van der Waals surface area (Å²) in [6, 6.07) is 0. The first-order valence-electron chi connectivity index (χ1n) is 2.79. The summed E-state index contributed by atoms with van der Waals surface area (Å²) in [6.07, 6.45) is 7.11. The van der Waals surface area contributed by atoms with Crippen molar-refractivity contribution in [1.82, 2.24) is 0 Å². The van der Waals surface area contributed by atoms with Crippen LogP contribution in [-0.4, -0.2) is 6.21 Å². The standard InChI is InChI=1S/C7H9N2.Lr/c1-6-4-7(8)2-3-9-5-6;/h2-5H,8H2,1H3;/q-1;. The van der Waals surface area contributed by atoms with E-state index in [1.54, 1.807) is 18.5 Å². The summed E-state index contributed by atoms with van der Waals surface area (Å²) >= 11 is 0. The van der Waals surface area contributed by atoms with Crippen LogP contribution in [0, 0.1) is 5.92 Å². The van der Waals surface area contributed by atoms with Crippen molar-refractivity contribution in [3.05, 3.63) is 30.0 Å². The molecule has 0 saturated carbocycles. The maximum atomic E-state index is 5.50. The Morgan fingerprint density at radius 1 is 1.60 bits per heavy atom. The van der Waals surface area contributed by atoms with Gasteiger partial charge in [-0.1, -0.05) is 6.21 Å². The fourth-order valence-electron chi connectivity index (χ4n) is 0.638. The Morgan fingerprint density at radius 2 is 2.30 bits per heavy atom. The van der Waals surface area contributed by atoms with Crippen LogP contribution in [0.1, 0.15) is 6.92 Å². The van der Waals surface area contributed by atoms with Crippen molar-refractivity contribution in [3.8, 4) is 0 Å². The molecule has 0 aromatic heterocycles. The van der Waals surface area contributed by atoms with E-state index in [1.807, 2.05) is 13.0 Å². The molecule has 0 aromatic carbocycles. The van der Waals surface area contributed by atoms with Gasteiger partial charge in [0.25, 0.3) is 0 Å². The van der Waals surface area contributed by atoms with E-state index in [0.717, 1.165) is 11.6 Å². The predicted octanol–water partition coefficient (Wildman–Crippen LogP) is 1.02. The molecular weight excluding hydrogens is 374 g/mol. The quantitative estimate of drug-likeness (QED) is 0.624. The molecular formula is C7H9LrN2-. The molecule has 1 rings (SSSR count). The number of allylic oxidation sites excluding steroid dienone is 2. The van der Waals surface area contributed by atoms with Gasteiger partial charge in [-0.15, -0.1) is 18.7 Å². The monoisotopic (exact) mass is 383 g/mol. The minimum absolute atomic E-state index is 0. The zero-order valence-corrected chi connectivity index (χ0v) is 7.74. The van der Waals surface area contributed by atoms with E-state index < -0.39 is 0 Å². The van der Waals surface area contributed by atoms with Crippen molar-refractivity contribution < 1.29 is 0 Å². The Balaban J connectivity index is 0.000000810. The largest absolute Gasteiger partial charge is 0.475 e. The van der Waals surface area contributed by atoms with E-state index >= 15 is 0 Å². The molecule has 1 heterocycles. The SMILES string of the molecule is C[C-]1C=NC=CC(N)=C1.[Lr]. The molecule has 2 nitrogen and oxygen atoms in total. The second kappa shape index (κ2) is 2.97. The topological polar surface area (TPSA) is 38.4 Å². The molecule has 0 amide bonds. The Kier molecular flexibility index (Phi) is 2.32. The van der Waals surface area contributed by atoms with E-state index in [2.05, 4.69) is 4.99 Å². The van der Waals surface area contributed by atoms with Crippen molar-refractivity contribution in [2.24, 2.45) is 10.7 Å². The molecule has 10 heavy (non-hydrogen) atoms. The first kappa shape index (κ1) is 7.82. The predicted molar refractivity (Wildman–Crippen MR) is 38.8 cm³/mol. The summed E-state index contributed by atoms with van der Waals surface area (Å²) in [5.41, 5.74) is 6.25. The first-order chi connectivity index (χ1) is 4.29. The van der Waals surface area contributed by atoms with Gasteiger partial charge in [0.15, 0.2) is 0 Å². The van der Waals surface area contributed by atoms with Gasteiger partial charge < -0.3 is 5.73 Å². The van der Waals surface area contributed by atoms with Gasteiger partial charge in [0.1, 0.15) is 0 Å². The molecule has 0 saturated heterocycles. The van der Waals surface area contributed by atoms with Gasteiger partial charge in [-0.25, -0.2) is 0 Å². The van der Waals surface area contributed by atoms with Crippen LogP contribution in [0.2, 0.25) is 0 Å². The third-order valence-corrected chi connectivity index (χ3v) is 1.03. The van der Waals surface area contributed by atoms with Crippen LogP contribution in [0.5, 0.6) is 0 Å². The van der Waals surface area contributed by atoms with Gasteiger partial charge in [0.2, 0.25) is 0 Å². The summed E-state index contributed by atoms with van der Waals surface area (Å²) in [7, 11) is 0. The number of hydrogen-bond donors (Lipinski definition) is 1. The number of rotatable bonds is 0. The molecule has 0 bridgehead atoms. The molecule has 0 unspecified atom stereocenters. The molecule has 0 fully saturated rings. The molecule has 63 valence electrons. The van der Waals surface area contributed by atoms with Crippen molar-refractivity contribution >= 4 is 6.21 Å². The molecule has 1 radical (unpaired) electrons. The van der Waals surface area contributed by atoms with Gasteiger partial charge in [-0.2, -0.15) is 12.0 Å². The van der Waals surface area contributed by atoms with Gasteiger partial charge in [0.05, 0.1) is 0 Å². The Labute approximate surface area is 54.8 Å². The van der Waals surface area contributed by atoms with Crippen molar-refractivity contribution in [2.45, 2.75) is 6.92 Å². The smallest absolute Gasteiger partial charge is 0.00908 e. The number of nitrogens with two attached hydrogens (primary N) is 1. The van der Waals surface area contributed by atoms with Gasteiger partial charge in [-0.05, 0) is 0 Å². The van der Waals surface area contributed by atoms with E-state index in [9.17, 15) is 0 Å². The van der Waals surface area contributed by atoms with E-state index in [0.29, 0.717) is 0 Å². The van der Waals surface area contributed by atoms with Crippen molar-refractivity contribution in [2.75, 3.05) is 0 Å². The van der Waals surface area contributed by atoms with Crippen molar-refractivity contribution in [3.63, 3.8) is 0 Å². The van der Waals surface area contributed by atoms with Gasteiger partial charge >= 0.3 is 0 Å². The fraction of sp³-hybridized carbons (Fsp3) is 0.143. The molecule has 2 N–H and O–H groups in total. The molecule has 3 heteroatoms. The van der Waals surface area contributed by atoms with Gasteiger partial charge in [0, 0.05) is 6.20 Å². The molecule has 0 aliphatic carbocycles. The maximum absolute atomic E-state index is 5.50. The Hall–Kier alpha value is -2.18. The minimum Gasteiger partial charge on any atom is -0.475 e. The first-order valence-corrected chi connectivity index (χ1v) is 2.79. The minimum atomic E-state index is 0. The summed E-state index contributed by atoms with van der Waals surface area (Å²) in [5.74, 6) is 1.08. The zero-order chi connectivity index (χ0) is 6.69. The van der Waals surface area contributed by atoms with Crippen LogP contribution in [0.3, 0.4) is 0 Å². The average molecular weight is 383 g/mol. The van der Waals surface area contributed by atoms with E-state index in [1.165, 1.54) is 0 Å². The molecule has 0 atom stereocenters.